The largest absolute Gasteiger partial charge is 0.280 e. The van der Waals surface area contributed by atoms with E-state index in [1.54, 1.807) is 30.0 Å². The number of thioether (sulfide) groups is 1. The van der Waals surface area contributed by atoms with Crippen molar-refractivity contribution in [3.05, 3.63) is 47.8 Å². The summed E-state index contributed by atoms with van der Waals surface area (Å²) in [5, 5.41) is 0. The summed E-state index contributed by atoms with van der Waals surface area (Å²) in [6, 6.07) is 8.91. The second kappa shape index (κ2) is 6.10. The molecule has 4 nitrogen and oxygen atoms in total. The Kier molecular flexibility index (Phi) is 4.31. The van der Waals surface area contributed by atoms with Crippen molar-refractivity contribution in [1.29, 1.82) is 0 Å². The molecule has 1 aromatic heterocycles. The SMILES string of the molecule is CSc1nc2ccc(NS(=O)(=O)c3ccc(F)c(C)c3)cc2s1. The molecule has 0 amide bonds. The number of hydrogen-bond donors (Lipinski definition) is 1. The molecule has 0 saturated heterocycles. The highest BCUT2D eigenvalue weighted by Gasteiger charge is 2.16. The van der Waals surface area contributed by atoms with E-state index in [1.165, 1.54) is 30.4 Å². The van der Waals surface area contributed by atoms with E-state index in [2.05, 4.69) is 9.71 Å². The first kappa shape index (κ1) is 16.2. The van der Waals surface area contributed by atoms with Crippen LogP contribution < -0.4 is 4.72 Å². The molecule has 0 aliphatic heterocycles. The van der Waals surface area contributed by atoms with Crippen LogP contribution in [0.25, 0.3) is 10.2 Å². The molecule has 1 heterocycles. The maximum absolute atomic E-state index is 13.3. The molecule has 0 spiro atoms. The number of anilines is 1. The number of nitrogens with one attached hydrogen (secondary N) is 1. The Bertz CT molecular complexity index is 984. The number of aromatic nitrogens is 1. The zero-order valence-electron chi connectivity index (χ0n) is 12.3. The molecule has 1 N–H and O–H groups in total. The summed E-state index contributed by atoms with van der Waals surface area (Å²) in [4.78, 5) is 4.44. The van der Waals surface area contributed by atoms with Gasteiger partial charge in [-0.15, -0.1) is 11.3 Å². The molecule has 23 heavy (non-hydrogen) atoms. The molecular weight excluding hydrogens is 355 g/mol. The standard InChI is InChI=1S/C15H13FN2O2S3/c1-9-7-11(4-5-12(9)16)23(19,20)18-10-3-6-13-14(8-10)22-15(17-13)21-2/h3-8,18H,1-2H3. The maximum atomic E-state index is 13.3. The van der Waals surface area contributed by atoms with E-state index >= 15 is 0 Å². The molecular formula is C15H13FN2O2S3. The Labute approximate surface area is 141 Å². The van der Waals surface area contributed by atoms with Crippen LogP contribution in [0.3, 0.4) is 0 Å². The van der Waals surface area contributed by atoms with Crippen LogP contribution in [-0.4, -0.2) is 19.7 Å². The lowest BCUT2D eigenvalue weighted by Gasteiger charge is -2.09. The van der Waals surface area contributed by atoms with Gasteiger partial charge in [0, 0.05) is 0 Å². The number of benzene rings is 2. The van der Waals surface area contributed by atoms with Crippen molar-refractivity contribution >= 4 is 49.0 Å². The van der Waals surface area contributed by atoms with E-state index < -0.39 is 15.8 Å². The van der Waals surface area contributed by atoms with Crippen LogP contribution in [0.5, 0.6) is 0 Å². The van der Waals surface area contributed by atoms with Gasteiger partial charge in [0.1, 0.15) is 5.82 Å². The van der Waals surface area contributed by atoms with Crippen LogP contribution in [0, 0.1) is 12.7 Å². The Morgan fingerprint density at radius 2 is 2.00 bits per heavy atom. The molecule has 0 aliphatic carbocycles. The lowest BCUT2D eigenvalue weighted by atomic mass is 10.2. The first-order chi connectivity index (χ1) is 10.9. The van der Waals surface area contributed by atoms with Gasteiger partial charge in [-0.1, -0.05) is 11.8 Å². The van der Waals surface area contributed by atoms with Crippen molar-refractivity contribution in [3.8, 4) is 0 Å². The number of sulfonamides is 1. The average molecular weight is 368 g/mol. The second-order valence-corrected chi connectivity index (χ2v) is 8.65. The smallest absolute Gasteiger partial charge is 0.261 e. The zero-order chi connectivity index (χ0) is 16.6. The Morgan fingerprint density at radius 1 is 1.22 bits per heavy atom. The van der Waals surface area contributed by atoms with Crippen molar-refractivity contribution < 1.29 is 12.8 Å². The molecule has 0 unspecified atom stereocenters. The molecule has 3 aromatic rings. The van der Waals surface area contributed by atoms with Crippen LogP contribution in [0.15, 0.2) is 45.6 Å². The van der Waals surface area contributed by atoms with Gasteiger partial charge in [0.25, 0.3) is 10.0 Å². The molecule has 0 saturated carbocycles. The van der Waals surface area contributed by atoms with Gasteiger partial charge in [0.15, 0.2) is 4.34 Å². The van der Waals surface area contributed by atoms with Crippen molar-refractivity contribution in [2.75, 3.05) is 11.0 Å². The third kappa shape index (κ3) is 3.34. The van der Waals surface area contributed by atoms with Gasteiger partial charge < -0.3 is 0 Å². The van der Waals surface area contributed by atoms with Crippen molar-refractivity contribution in [3.63, 3.8) is 0 Å². The molecule has 0 fully saturated rings. The van der Waals surface area contributed by atoms with Crippen molar-refractivity contribution in [2.24, 2.45) is 0 Å². The number of halogens is 1. The molecule has 0 radical (unpaired) electrons. The number of thiazole rings is 1. The summed E-state index contributed by atoms with van der Waals surface area (Å²) in [6.07, 6.45) is 1.94. The van der Waals surface area contributed by atoms with Crippen LogP contribution in [0.2, 0.25) is 0 Å². The van der Waals surface area contributed by atoms with E-state index in [9.17, 15) is 12.8 Å². The molecule has 8 heteroatoms. The number of hydrogen-bond acceptors (Lipinski definition) is 5. The zero-order valence-corrected chi connectivity index (χ0v) is 14.8. The topological polar surface area (TPSA) is 59.1 Å². The minimum absolute atomic E-state index is 0.0330. The summed E-state index contributed by atoms with van der Waals surface area (Å²) in [6.45, 7) is 1.53. The lowest BCUT2D eigenvalue weighted by molar-refractivity contribution is 0.598. The minimum atomic E-state index is -3.76. The Balaban J connectivity index is 1.94. The average Bonchev–Trinajstić information content (AvgIpc) is 2.91. The van der Waals surface area contributed by atoms with Gasteiger partial charge in [-0.05, 0) is 55.1 Å². The van der Waals surface area contributed by atoms with Crippen molar-refractivity contribution in [1.82, 2.24) is 4.98 Å². The van der Waals surface area contributed by atoms with Gasteiger partial charge in [-0.2, -0.15) is 0 Å². The molecule has 120 valence electrons. The normalized spacial score (nSPS) is 11.8. The van der Waals surface area contributed by atoms with E-state index in [-0.39, 0.29) is 10.5 Å². The Morgan fingerprint density at radius 3 is 2.70 bits per heavy atom. The predicted octanol–water partition coefficient (Wildman–Crippen LogP) is 4.27. The van der Waals surface area contributed by atoms with Crippen LogP contribution in [-0.2, 0) is 10.0 Å². The van der Waals surface area contributed by atoms with E-state index in [0.717, 1.165) is 20.6 Å². The number of aryl methyl sites for hydroxylation is 1. The molecule has 3 rings (SSSR count). The highest BCUT2D eigenvalue weighted by Crippen LogP contribution is 2.30. The van der Waals surface area contributed by atoms with Crippen LogP contribution in [0.1, 0.15) is 5.56 Å². The van der Waals surface area contributed by atoms with Gasteiger partial charge in [0.2, 0.25) is 0 Å². The fourth-order valence-corrected chi connectivity index (χ4v) is 4.72. The molecule has 2 aromatic carbocycles. The summed E-state index contributed by atoms with van der Waals surface area (Å²) in [5.41, 5.74) is 1.58. The quantitative estimate of drug-likeness (QED) is 0.699. The van der Waals surface area contributed by atoms with Crippen molar-refractivity contribution in [2.45, 2.75) is 16.2 Å². The molecule has 0 bridgehead atoms. The van der Waals surface area contributed by atoms with Gasteiger partial charge in [0.05, 0.1) is 20.8 Å². The molecule has 0 aliphatic rings. The van der Waals surface area contributed by atoms with E-state index in [0.29, 0.717) is 5.69 Å². The third-order valence-electron chi connectivity index (χ3n) is 3.24. The summed E-state index contributed by atoms with van der Waals surface area (Å²) in [7, 11) is -3.76. The van der Waals surface area contributed by atoms with Gasteiger partial charge in [-0.25, -0.2) is 17.8 Å². The van der Waals surface area contributed by atoms with Gasteiger partial charge >= 0.3 is 0 Å². The predicted molar refractivity (Wildman–Crippen MR) is 93.3 cm³/mol. The summed E-state index contributed by atoms with van der Waals surface area (Å²) >= 11 is 3.05. The van der Waals surface area contributed by atoms with E-state index in [4.69, 9.17) is 0 Å². The maximum Gasteiger partial charge on any atom is 0.261 e. The highest BCUT2D eigenvalue weighted by atomic mass is 32.2. The number of fused-ring (bicyclic) bond motifs is 1. The lowest BCUT2D eigenvalue weighted by Crippen LogP contribution is -2.13. The van der Waals surface area contributed by atoms with Crippen LogP contribution >= 0.6 is 23.1 Å². The third-order valence-corrected chi connectivity index (χ3v) is 6.62. The Hall–Kier alpha value is -1.64. The van der Waals surface area contributed by atoms with Crippen LogP contribution in [0.4, 0.5) is 10.1 Å². The second-order valence-electron chi connectivity index (χ2n) is 4.88. The minimum Gasteiger partial charge on any atom is -0.280 e. The highest BCUT2D eigenvalue weighted by molar-refractivity contribution is 8.00. The summed E-state index contributed by atoms with van der Waals surface area (Å²) in [5.74, 6) is -0.431. The monoisotopic (exact) mass is 368 g/mol. The summed E-state index contributed by atoms with van der Waals surface area (Å²) < 4.78 is 42.5. The van der Waals surface area contributed by atoms with Gasteiger partial charge in [-0.3, -0.25) is 4.72 Å². The first-order valence-electron chi connectivity index (χ1n) is 6.62. The number of rotatable bonds is 4. The number of nitrogens with zero attached hydrogens (tertiary/aromatic N) is 1. The fraction of sp³-hybridized carbons (Fsp3) is 0.133. The molecule has 0 atom stereocenters. The first-order valence-corrected chi connectivity index (χ1v) is 10.1. The fourth-order valence-electron chi connectivity index (χ4n) is 2.05. The van der Waals surface area contributed by atoms with E-state index in [1.807, 2.05) is 6.26 Å².